The summed E-state index contributed by atoms with van der Waals surface area (Å²) in [6.45, 7) is 2.97. The highest BCUT2D eigenvalue weighted by atomic mass is 16.6. The molecule has 2 rings (SSSR count). The molecule has 0 aliphatic heterocycles. The van der Waals surface area contributed by atoms with Crippen LogP contribution in [0, 0.1) is 10.1 Å². The summed E-state index contributed by atoms with van der Waals surface area (Å²) < 4.78 is 5.46. The lowest BCUT2D eigenvalue weighted by Crippen LogP contribution is -2.03. The Kier molecular flexibility index (Phi) is 4.54. The molecule has 0 saturated carbocycles. The molecule has 0 amide bonds. The van der Waals surface area contributed by atoms with Crippen molar-refractivity contribution in [2.45, 2.75) is 19.9 Å². The Labute approximate surface area is 116 Å². The van der Waals surface area contributed by atoms with Crippen LogP contribution < -0.4 is 10.1 Å². The Hall–Kier alpha value is -2.57. The minimum atomic E-state index is -0.434. The number of imidazole rings is 1. The Morgan fingerprint density at radius 2 is 2.30 bits per heavy atom. The number of anilines is 1. The molecule has 0 unspecified atom stereocenters. The van der Waals surface area contributed by atoms with Crippen LogP contribution in [0.3, 0.4) is 0 Å². The van der Waals surface area contributed by atoms with Gasteiger partial charge in [0, 0.05) is 30.2 Å². The number of rotatable bonds is 7. The fraction of sp³-hybridized carbons (Fsp3) is 0.308. The molecule has 7 nitrogen and oxygen atoms in total. The maximum absolute atomic E-state index is 10.9. The number of nitrogens with one attached hydrogen (secondary N) is 2. The van der Waals surface area contributed by atoms with E-state index in [0.717, 1.165) is 12.2 Å². The Bertz CT molecular complexity index is 569. The van der Waals surface area contributed by atoms with Crippen LogP contribution in [0.5, 0.6) is 5.75 Å². The highest BCUT2D eigenvalue weighted by Gasteiger charge is 2.10. The number of hydrogen-bond donors (Lipinski definition) is 2. The SMILES string of the molecule is CCCOc1cc(NCc2ncc[nH]2)cc([N+](=O)[O-])c1. The van der Waals surface area contributed by atoms with Crippen LogP contribution in [-0.2, 0) is 6.54 Å². The van der Waals surface area contributed by atoms with E-state index in [4.69, 9.17) is 4.74 Å². The van der Waals surface area contributed by atoms with E-state index in [0.29, 0.717) is 24.6 Å². The topological polar surface area (TPSA) is 93.1 Å². The molecular weight excluding hydrogens is 260 g/mol. The standard InChI is InChI=1S/C13H16N4O3/c1-2-5-20-12-7-10(6-11(8-12)17(18)19)16-9-13-14-3-4-15-13/h3-4,6-8,16H,2,5,9H2,1H3,(H,14,15). The van der Waals surface area contributed by atoms with Crippen molar-refractivity contribution < 1.29 is 9.66 Å². The van der Waals surface area contributed by atoms with Crippen molar-refractivity contribution in [2.75, 3.05) is 11.9 Å². The molecule has 0 saturated heterocycles. The van der Waals surface area contributed by atoms with Crippen molar-refractivity contribution >= 4 is 11.4 Å². The molecule has 0 aliphatic carbocycles. The van der Waals surface area contributed by atoms with Gasteiger partial charge in [0.1, 0.15) is 11.6 Å². The molecule has 1 aromatic heterocycles. The van der Waals surface area contributed by atoms with Crippen LogP contribution in [0.1, 0.15) is 19.2 Å². The number of nitro benzene ring substituents is 1. The molecule has 0 spiro atoms. The second-order valence-electron chi connectivity index (χ2n) is 4.21. The fourth-order valence-electron chi connectivity index (χ4n) is 1.67. The van der Waals surface area contributed by atoms with Crippen LogP contribution in [-0.4, -0.2) is 21.5 Å². The van der Waals surface area contributed by atoms with E-state index in [1.165, 1.54) is 12.1 Å². The third-order valence-electron chi connectivity index (χ3n) is 2.59. The van der Waals surface area contributed by atoms with E-state index in [9.17, 15) is 10.1 Å². The van der Waals surface area contributed by atoms with Crippen molar-refractivity contribution in [3.05, 3.63) is 46.5 Å². The lowest BCUT2D eigenvalue weighted by molar-refractivity contribution is -0.384. The van der Waals surface area contributed by atoms with Gasteiger partial charge in [0.25, 0.3) is 5.69 Å². The fourth-order valence-corrected chi connectivity index (χ4v) is 1.67. The molecule has 20 heavy (non-hydrogen) atoms. The molecule has 106 valence electrons. The number of benzene rings is 1. The Balaban J connectivity index is 2.13. The third-order valence-corrected chi connectivity index (χ3v) is 2.59. The van der Waals surface area contributed by atoms with E-state index in [1.807, 2.05) is 6.92 Å². The summed E-state index contributed by atoms with van der Waals surface area (Å²) >= 11 is 0. The minimum Gasteiger partial charge on any atom is -0.493 e. The van der Waals surface area contributed by atoms with Gasteiger partial charge in [-0.1, -0.05) is 6.92 Å². The van der Waals surface area contributed by atoms with Crippen LogP contribution in [0.4, 0.5) is 11.4 Å². The van der Waals surface area contributed by atoms with Gasteiger partial charge in [-0.25, -0.2) is 4.98 Å². The number of H-pyrrole nitrogens is 1. The monoisotopic (exact) mass is 276 g/mol. The van der Waals surface area contributed by atoms with Gasteiger partial charge < -0.3 is 15.0 Å². The molecule has 2 aromatic rings. The third kappa shape index (κ3) is 3.71. The second-order valence-corrected chi connectivity index (χ2v) is 4.21. The van der Waals surface area contributed by atoms with E-state index >= 15 is 0 Å². The first kappa shape index (κ1) is 13.9. The van der Waals surface area contributed by atoms with E-state index in [2.05, 4.69) is 15.3 Å². The van der Waals surface area contributed by atoms with Crippen LogP contribution in [0.25, 0.3) is 0 Å². The molecule has 1 aromatic carbocycles. The van der Waals surface area contributed by atoms with Crippen LogP contribution in [0.15, 0.2) is 30.6 Å². The molecule has 0 fully saturated rings. The molecule has 0 atom stereocenters. The molecule has 0 aliphatic rings. The summed E-state index contributed by atoms with van der Waals surface area (Å²) in [5, 5.41) is 14.0. The van der Waals surface area contributed by atoms with Gasteiger partial charge in [-0.15, -0.1) is 0 Å². The summed E-state index contributed by atoms with van der Waals surface area (Å²) in [6.07, 6.45) is 4.22. The molecule has 7 heteroatoms. The summed E-state index contributed by atoms with van der Waals surface area (Å²) in [5.74, 6) is 1.25. The average Bonchev–Trinajstić information content (AvgIpc) is 2.96. The highest BCUT2D eigenvalue weighted by molar-refractivity contribution is 5.56. The number of hydrogen-bond acceptors (Lipinski definition) is 5. The normalized spacial score (nSPS) is 10.2. The van der Waals surface area contributed by atoms with Gasteiger partial charge in [0.15, 0.2) is 0 Å². The van der Waals surface area contributed by atoms with Gasteiger partial charge >= 0.3 is 0 Å². The lowest BCUT2D eigenvalue weighted by Gasteiger charge is -2.09. The zero-order chi connectivity index (χ0) is 14.4. The van der Waals surface area contributed by atoms with Crippen molar-refractivity contribution in [3.8, 4) is 5.75 Å². The van der Waals surface area contributed by atoms with Gasteiger partial charge in [0.05, 0.1) is 24.1 Å². The van der Waals surface area contributed by atoms with E-state index < -0.39 is 4.92 Å². The number of aromatic amines is 1. The lowest BCUT2D eigenvalue weighted by atomic mass is 10.2. The average molecular weight is 276 g/mol. The van der Waals surface area contributed by atoms with Gasteiger partial charge in [-0.05, 0) is 6.42 Å². The largest absolute Gasteiger partial charge is 0.493 e. The summed E-state index contributed by atoms with van der Waals surface area (Å²) in [4.78, 5) is 17.5. The van der Waals surface area contributed by atoms with Gasteiger partial charge in [-0.3, -0.25) is 10.1 Å². The van der Waals surface area contributed by atoms with Crippen molar-refractivity contribution in [1.82, 2.24) is 9.97 Å². The Morgan fingerprint density at radius 1 is 1.45 bits per heavy atom. The summed E-state index contributed by atoms with van der Waals surface area (Å²) in [7, 11) is 0. The zero-order valence-corrected chi connectivity index (χ0v) is 11.1. The predicted octanol–water partition coefficient (Wildman–Crippen LogP) is 2.72. The van der Waals surface area contributed by atoms with Crippen LogP contribution >= 0.6 is 0 Å². The number of nitro groups is 1. The van der Waals surface area contributed by atoms with Crippen molar-refractivity contribution in [1.29, 1.82) is 0 Å². The molecule has 0 radical (unpaired) electrons. The van der Waals surface area contributed by atoms with Gasteiger partial charge in [-0.2, -0.15) is 0 Å². The number of nitrogens with zero attached hydrogens (tertiary/aromatic N) is 2. The summed E-state index contributed by atoms with van der Waals surface area (Å²) in [5.41, 5.74) is 0.627. The number of ether oxygens (including phenoxy) is 1. The van der Waals surface area contributed by atoms with Crippen molar-refractivity contribution in [3.63, 3.8) is 0 Å². The van der Waals surface area contributed by atoms with E-state index in [1.54, 1.807) is 18.5 Å². The summed E-state index contributed by atoms with van der Waals surface area (Å²) in [6, 6.07) is 4.64. The van der Waals surface area contributed by atoms with Crippen LogP contribution in [0.2, 0.25) is 0 Å². The number of non-ortho nitro benzene ring substituents is 1. The maximum Gasteiger partial charge on any atom is 0.275 e. The van der Waals surface area contributed by atoms with Crippen molar-refractivity contribution in [2.24, 2.45) is 0 Å². The minimum absolute atomic E-state index is 0.000507. The first-order valence-electron chi connectivity index (χ1n) is 6.33. The van der Waals surface area contributed by atoms with Gasteiger partial charge in [0.2, 0.25) is 0 Å². The zero-order valence-electron chi connectivity index (χ0n) is 11.1. The molecule has 1 heterocycles. The number of aromatic nitrogens is 2. The smallest absolute Gasteiger partial charge is 0.275 e. The second kappa shape index (κ2) is 6.55. The maximum atomic E-state index is 10.9. The molecule has 2 N–H and O–H groups in total. The van der Waals surface area contributed by atoms with E-state index in [-0.39, 0.29) is 5.69 Å². The predicted molar refractivity (Wildman–Crippen MR) is 74.8 cm³/mol. The molecular formula is C13H16N4O3. The highest BCUT2D eigenvalue weighted by Crippen LogP contribution is 2.26. The quantitative estimate of drug-likeness (QED) is 0.599. The first-order chi connectivity index (χ1) is 9.69. The first-order valence-corrected chi connectivity index (χ1v) is 6.33. The Morgan fingerprint density at radius 3 is 2.95 bits per heavy atom. The molecule has 0 bridgehead atoms.